The number of hydrogen-bond acceptors (Lipinski definition) is 0. The van der Waals surface area contributed by atoms with E-state index in [2.05, 4.69) is 95.2 Å². The molecular formula is C21H19Cl2SiZr. The molecule has 3 radical (unpaired) electrons. The van der Waals surface area contributed by atoms with Crippen molar-refractivity contribution in [3.05, 3.63) is 96.7 Å². The fraction of sp³-hybridized carbons (Fsp3) is 0.0476. The van der Waals surface area contributed by atoms with Gasteiger partial charge in [0.25, 0.3) is 0 Å². The maximum Gasteiger partial charge on any atom is 4.00 e. The molecule has 0 spiro atoms. The Bertz CT molecular complexity index is 703. The molecule has 0 heterocycles. The average Bonchev–Trinajstić information content (AvgIpc) is 3.24. The third-order valence-corrected chi connectivity index (χ3v) is 3.60. The second kappa shape index (κ2) is 15.3. The summed E-state index contributed by atoms with van der Waals surface area (Å²) in [5.41, 5.74) is 1.81. The van der Waals surface area contributed by atoms with Crippen LogP contribution in [0.2, 0.25) is 0 Å². The Morgan fingerprint density at radius 1 is 0.720 bits per heavy atom. The molecule has 0 bridgehead atoms. The SMILES string of the molecule is CC=C[Si].[Cl-].[Cl-].[Zr+4].c1ccc2[cH-]ccc2c1.c1ccc2[cH-]ccc2c1. The van der Waals surface area contributed by atoms with Crippen LogP contribution in [0, 0.1) is 0 Å². The van der Waals surface area contributed by atoms with Gasteiger partial charge in [-0.3, -0.25) is 0 Å². The smallest absolute Gasteiger partial charge is 1.00 e. The third-order valence-electron chi connectivity index (χ3n) is 3.26. The van der Waals surface area contributed by atoms with Crippen LogP contribution in [0.5, 0.6) is 0 Å². The van der Waals surface area contributed by atoms with E-state index in [1.807, 2.05) is 13.0 Å². The first-order chi connectivity index (χ1) is 10.8. The van der Waals surface area contributed by atoms with Crippen LogP contribution in [-0.2, 0) is 26.2 Å². The minimum atomic E-state index is 0. The summed E-state index contributed by atoms with van der Waals surface area (Å²) < 4.78 is 0. The van der Waals surface area contributed by atoms with Crippen molar-refractivity contribution in [2.24, 2.45) is 0 Å². The Balaban J connectivity index is 0. The van der Waals surface area contributed by atoms with Crippen LogP contribution in [-0.4, -0.2) is 10.2 Å². The van der Waals surface area contributed by atoms with Crippen molar-refractivity contribution in [2.45, 2.75) is 6.92 Å². The van der Waals surface area contributed by atoms with Crippen LogP contribution >= 0.6 is 0 Å². The van der Waals surface area contributed by atoms with E-state index in [-0.39, 0.29) is 51.0 Å². The Hall–Kier alpha value is -0.920. The molecule has 0 aliphatic heterocycles. The molecule has 0 aliphatic carbocycles. The minimum absolute atomic E-state index is 0. The van der Waals surface area contributed by atoms with E-state index in [1.165, 1.54) is 21.5 Å². The van der Waals surface area contributed by atoms with Crippen molar-refractivity contribution in [2.75, 3.05) is 0 Å². The first-order valence-electron chi connectivity index (χ1n) is 7.34. The molecule has 0 nitrogen and oxygen atoms in total. The molecule has 0 aliphatic rings. The molecule has 0 atom stereocenters. The monoisotopic (exact) mass is 459 g/mol. The van der Waals surface area contributed by atoms with Gasteiger partial charge in [-0.15, -0.1) is 65.0 Å². The Morgan fingerprint density at radius 2 is 1.08 bits per heavy atom. The Kier molecular flexibility index (Phi) is 16.1. The summed E-state index contributed by atoms with van der Waals surface area (Å²) >= 11 is 0. The van der Waals surface area contributed by atoms with Crippen LogP contribution in [0.3, 0.4) is 0 Å². The van der Waals surface area contributed by atoms with E-state index in [1.54, 1.807) is 5.70 Å². The number of rotatable bonds is 0. The standard InChI is InChI=1S/2C9H7.C3H5Si.2ClH.Zr/c2*1-2-5-9-7-3-6-8(9)4-1;1-2-3-4;;;/h2*1-7H;2-3H,1H3;2*1H;/q2*-1;;;;+4/p-2. The Morgan fingerprint density at radius 3 is 1.40 bits per heavy atom. The van der Waals surface area contributed by atoms with Gasteiger partial charge in [0.05, 0.1) is 10.2 Å². The van der Waals surface area contributed by atoms with Crippen LogP contribution in [0.4, 0.5) is 0 Å². The zero-order valence-electron chi connectivity index (χ0n) is 14.0. The zero-order valence-corrected chi connectivity index (χ0v) is 19.0. The third kappa shape index (κ3) is 8.83. The minimum Gasteiger partial charge on any atom is -1.00 e. The quantitative estimate of drug-likeness (QED) is 0.252. The summed E-state index contributed by atoms with van der Waals surface area (Å²) in [6, 6.07) is 29.3. The van der Waals surface area contributed by atoms with Crippen molar-refractivity contribution in [1.82, 2.24) is 0 Å². The molecule has 0 amide bonds. The molecule has 25 heavy (non-hydrogen) atoms. The van der Waals surface area contributed by atoms with Crippen molar-refractivity contribution in [3.63, 3.8) is 0 Å². The largest absolute Gasteiger partial charge is 4.00 e. The maximum atomic E-state index is 3.11. The summed E-state index contributed by atoms with van der Waals surface area (Å²) in [4.78, 5) is 0. The van der Waals surface area contributed by atoms with Crippen molar-refractivity contribution in [3.8, 4) is 0 Å². The molecule has 0 saturated carbocycles. The van der Waals surface area contributed by atoms with Gasteiger partial charge in [-0.2, -0.15) is 35.0 Å². The van der Waals surface area contributed by atoms with Crippen LogP contribution in [0.1, 0.15) is 6.92 Å². The van der Waals surface area contributed by atoms with Crippen molar-refractivity contribution in [1.29, 1.82) is 0 Å². The summed E-state index contributed by atoms with van der Waals surface area (Å²) in [5.74, 6) is 0. The summed E-state index contributed by atoms with van der Waals surface area (Å²) in [6.45, 7) is 1.95. The van der Waals surface area contributed by atoms with Gasteiger partial charge in [-0.25, -0.2) is 0 Å². The van der Waals surface area contributed by atoms with E-state index in [0.29, 0.717) is 0 Å². The first-order valence-corrected chi connectivity index (χ1v) is 7.92. The Labute approximate surface area is 185 Å². The van der Waals surface area contributed by atoms with Gasteiger partial charge in [0.2, 0.25) is 0 Å². The van der Waals surface area contributed by atoms with Crippen LogP contribution in [0.15, 0.2) is 96.7 Å². The van der Waals surface area contributed by atoms with Gasteiger partial charge >= 0.3 is 26.2 Å². The van der Waals surface area contributed by atoms with E-state index in [9.17, 15) is 0 Å². The second-order valence-electron chi connectivity index (χ2n) is 4.81. The van der Waals surface area contributed by atoms with E-state index in [0.717, 1.165) is 0 Å². The normalized spacial score (nSPS) is 8.88. The summed E-state index contributed by atoms with van der Waals surface area (Å²) in [5, 5.41) is 5.32. The predicted molar refractivity (Wildman–Crippen MR) is 99.7 cm³/mol. The molecule has 0 aromatic heterocycles. The van der Waals surface area contributed by atoms with Gasteiger partial charge in [-0.1, -0.05) is 18.2 Å². The summed E-state index contributed by atoms with van der Waals surface area (Å²) in [6.07, 6.45) is 1.91. The van der Waals surface area contributed by atoms with Crippen LogP contribution < -0.4 is 24.8 Å². The molecule has 0 N–H and O–H groups in total. The molecule has 4 aromatic carbocycles. The van der Waals surface area contributed by atoms with Crippen molar-refractivity contribution >= 4 is 31.8 Å². The molecular weight excluding hydrogens is 442 g/mol. The number of benzene rings is 2. The molecule has 0 saturated heterocycles. The van der Waals surface area contributed by atoms with E-state index < -0.39 is 0 Å². The number of halogens is 2. The predicted octanol–water partition coefficient (Wildman–Crippen LogP) is -0.189. The van der Waals surface area contributed by atoms with Gasteiger partial charge in [-0.05, 0) is 6.92 Å². The van der Waals surface area contributed by atoms with Gasteiger partial charge in [0.1, 0.15) is 0 Å². The number of allylic oxidation sites excluding steroid dienone is 1. The van der Waals surface area contributed by atoms with E-state index in [4.69, 9.17) is 0 Å². The second-order valence-corrected chi connectivity index (χ2v) is 5.14. The van der Waals surface area contributed by atoms with Gasteiger partial charge < -0.3 is 24.8 Å². The molecule has 4 heteroatoms. The first kappa shape index (κ1) is 26.3. The molecule has 125 valence electrons. The topological polar surface area (TPSA) is 0 Å². The van der Waals surface area contributed by atoms with E-state index >= 15 is 0 Å². The van der Waals surface area contributed by atoms with Crippen molar-refractivity contribution < 1.29 is 51.0 Å². The zero-order chi connectivity index (χ0) is 15.6. The molecule has 0 unspecified atom stereocenters. The fourth-order valence-electron chi connectivity index (χ4n) is 2.14. The maximum absolute atomic E-state index is 3.11. The average molecular weight is 462 g/mol. The molecule has 0 fully saturated rings. The fourth-order valence-corrected chi connectivity index (χ4v) is 2.14. The number of fused-ring (bicyclic) bond motifs is 2. The van der Waals surface area contributed by atoms with Gasteiger partial charge in [0, 0.05) is 0 Å². The van der Waals surface area contributed by atoms with Crippen LogP contribution in [0.25, 0.3) is 21.5 Å². The van der Waals surface area contributed by atoms with Gasteiger partial charge in [0.15, 0.2) is 0 Å². The molecule has 4 aromatic rings. The molecule has 4 rings (SSSR count). The summed E-state index contributed by atoms with van der Waals surface area (Å²) in [7, 11) is 3.11. The number of hydrogen-bond donors (Lipinski definition) is 0.